The van der Waals surface area contributed by atoms with Crippen molar-refractivity contribution < 1.29 is 5.11 Å². The topological polar surface area (TPSA) is 23.5 Å². The molecule has 0 unspecified atom stereocenters. The summed E-state index contributed by atoms with van der Waals surface area (Å²) in [6, 6.07) is 0. The third-order valence-corrected chi connectivity index (χ3v) is 1.57. The number of hydrogen-bond donors (Lipinski definition) is 1. The molecule has 0 aromatic carbocycles. The van der Waals surface area contributed by atoms with E-state index in [9.17, 15) is 5.11 Å². The van der Waals surface area contributed by atoms with Crippen LogP contribution in [0.4, 0.5) is 0 Å². The molecule has 0 amide bonds. The van der Waals surface area contributed by atoms with E-state index in [4.69, 9.17) is 11.6 Å². The van der Waals surface area contributed by atoms with Crippen molar-refractivity contribution in [2.24, 2.45) is 0 Å². The maximum Gasteiger partial charge on any atom is 0.0718 e. The summed E-state index contributed by atoms with van der Waals surface area (Å²) in [5.41, 5.74) is -0.664. The zero-order valence-electron chi connectivity index (χ0n) is 8.10. The summed E-state index contributed by atoms with van der Waals surface area (Å²) in [5.74, 6) is 0. The van der Waals surface area contributed by atoms with Crippen molar-refractivity contribution in [2.75, 3.05) is 19.6 Å². The predicted octanol–water partition coefficient (Wildman–Crippen LogP) is 1.83. The molecule has 0 aromatic heterocycles. The van der Waals surface area contributed by atoms with Crippen molar-refractivity contribution >= 4 is 11.6 Å². The summed E-state index contributed by atoms with van der Waals surface area (Å²) in [4.78, 5) is 2.05. The highest BCUT2D eigenvalue weighted by atomic mass is 35.5. The molecule has 0 aliphatic carbocycles. The highest BCUT2D eigenvalue weighted by Crippen LogP contribution is 2.07. The molecular formula is C9H18ClNO. The summed E-state index contributed by atoms with van der Waals surface area (Å²) in [7, 11) is 0. The molecule has 0 atom stereocenters. The zero-order valence-corrected chi connectivity index (χ0v) is 8.86. The lowest BCUT2D eigenvalue weighted by Gasteiger charge is -2.27. The van der Waals surface area contributed by atoms with Crippen LogP contribution in [0.25, 0.3) is 0 Å². The Morgan fingerprint density at radius 3 is 2.33 bits per heavy atom. The normalized spacial score (nSPS) is 12.2. The fraction of sp³-hybridized carbons (Fsp3) is 0.778. The molecule has 0 aliphatic heterocycles. The molecule has 1 N–H and O–H groups in total. The Balaban J connectivity index is 3.92. The van der Waals surface area contributed by atoms with Crippen molar-refractivity contribution in [3.05, 3.63) is 11.6 Å². The molecular weight excluding hydrogens is 174 g/mol. The molecule has 0 aromatic rings. The van der Waals surface area contributed by atoms with E-state index in [0.717, 1.165) is 6.54 Å². The first-order valence-electron chi connectivity index (χ1n) is 4.13. The molecule has 0 rings (SSSR count). The van der Waals surface area contributed by atoms with Gasteiger partial charge in [-0.15, -0.1) is 0 Å². The molecule has 12 heavy (non-hydrogen) atoms. The van der Waals surface area contributed by atoms with Gasteiger partial charge in [0.25, 0.3) is 0 Å². The standard InChI is InChI=1S/C9H18ClNO/c1-5-11(6-8(2)10)7-9(3,4)12/h12H,2,5-7H2,1,3-4H3. The van der Waals surface area contributed by atoms with Gasteiger partial charge in [0, 0.05) is 18.1 Å². The molecule has 0 saturated carbocycles. The van der Waals surface area contributed by atoms with Gasteiger partial charge in [-0.3, -0.25) is 4.90 Å². The minimum Gasteiger partial charge on any atom is -0.389 e. The smallest absolute Gasteiger partial charge is 0.0718 e. The minimum atomic E-state index is -0.664. The van der Waals surface area contributed by atoms with Crippen molar-refractivity contribution in [3.8, 4) is 0 Å². The Morgan fingerprint density at radius 2 is 2.08 bits per heavy atom. The Morgan fingerprint density at radius 1 is 1.58 bits per heavy atom. The van der Waals surface area contributed by atoms with E-state index in [1.165, 1.54) is 0 Å². The minimum absolute atomic E-state index is 0.612. The van der Waals surface area contributed by atoms with Gasteiger partial charge in [-0.25, -0.2) is 0 Å². The highest BCUT2D eigenvalue weighted by molar-refractivity contribution is 6.29. The summed E-state index contributed by atoms with van der Waals surface area (Å²) >= 11 is 5.66. The van der Waals surface area contributed by atoms with Gasteiger partial charge >= 0.3 is 0 Å². The van der Waals surface area contributed by atoms with Gasteiger partial charge in [0.2, 0.25) is 0 Å². The third-order valence-electron chi connectivity index (χ3n) is 1.45. The summed E-state index contributed by atoms with van der Waals surface area (Å²) in [6.45, 7) is 11.3. The Labute approximate surface area is 79.8 Å². The first kappa shape index (κ1) is 11.9. The maximum absolute atomic E-state index is 9.52. The van der Waals surface area contributed by atoms with E-state index in [0.29, 0.717) is 18.1 Å². The van der Waals surface area contributed by atoms with Gasteiger partial charge in [0.05, 0.1) is 5.60 Å². The lowest BCUT2D eigenvalue weighted by atomic mass is 10.1. The van der Waals surface area contributed by atoms with Gasteiger partial charge in [-0.2, -0.15) is 0 Å². The average Bonchev–Trinajstić information content (AvgIpc) is 1.82. The van der Waals surface area contributed by atoms with Crippen molar-refractivity contribution in [2.45, 2.75) is 26.4 Å². The fourth-order valence-corrected chi connectivity index (χ4v) is 1.24. The van der Waals surface area contributed by atoms with Crippen LogP contribution < -0.4 is 0 Å². The van der Waals surface area contributed by atoms with Crippen LogP contribution in [-0.2, 0) is 0 Å². The van der Waals surface area contributed by atoms with Crippen LogP contribution in [0.15, 0.2) is 11.6 Å². The van der Waals surface area contributed by atoms with Crippen LogP contribution in [0.2, 0.25) is 0 Å². The molecule has 2 nitrogen and oxygen atoms in total. The van der Waals surface area contributed by atoms with Gasteiger partial charge in [-0.05, 0) is 20.4 Å². The molecule has 0 saturated heterocycles. The summed E-state index contributed by atoms with van der Waals surface area (Å²) < 4.78 is 0. The second kappa shape index (κ2) is 4.85. The number of hydrogen-bond acceptors (Lipinski definition) is 2. The molecule has 3 heteroatoms. The van der Waals surface area contributed by atoms with Crippen LogP contribution >= 0.6 is 11.6 Å². The van der Waals surface area contributed by atoms with Crippen LogP contribution in [0.3, 0.4) is 0 Å². The molecule has 0 heterocycles. The van der Waals surface area contributed by atoms with E-state index in [1.807, 2.05) is 6.92 Å². The van der Waals surface area contributed by atoms with Crippen LogP contribution in [0, 0.1) is 0 Å². The first-order chi connectivity index (χ1) is 5.35. The molecule has 0 aliphatic rings. The van der Waals surface area contributed by atoms with E-state index < -0.39 is 5.60 Å². The van der Waals surface area contributed by atoms with Gasteiger partial charge in [0.15, 0.2) is 0 Å². The Bertz CT molecular complexity index is 151. The fourth-order valence-electron chi connectivity index (χ4n) is 1.07. The van der Waals surface area contributed by atoms with E-state index in [-0.39, 0.29) is 0 Å². The van der Waals surface area contributed by atoms with E-state index in [2.05, 4.69) is 11.5 Å². The third kappa shape index (κ3) is 6.65. The quantitative estimate of drug-likeness (QED) is 0.717. The van der Waals surface area contributed by atoms with E-state index in [1.54, 1.807) is 13.8 Å². The van der Waals surface area contributed by atoms with Gasteiger partial charge < -0.3 is 5.11 Å². The van der Waals surface area contributed by atoms with Crippen molar-refractivity contribution in [1.82, 2.24) is 4.90 Å². The van der Waals surface area contributed by atoms with Crippen LogP contribution in [-0.4, -0.2) is 35.2 Å². The lowest BCUT2D eigenvalue weighted by molar-refractivity contribution is 0.0413. The van der Waals surface area contributed by atoms with Crippen molar-refractivity contribution in [3.63, 3.8) is 0 Å². The molecule has 0 bridgehead atoms. The summed E-state index contributed by atoms with van der Waals surface area (Å²) in [6.07, 6.45) is 0. The number of halogens is 1. The SMILES string of the molecule is C=C(Cl)CN(CC)CC(C)(C)O. The number of nitrogens with zero attached hydrogens (tertiary/aromatic N) is 1. The number of aliphatic hydroxyl groups is 1. The van der Waals surface area contributed by atoms with Gasteiger partial charge in [0.1, 0.15) is 0 Å². The number of rotatable bonds is 5. The molecule has 0 spiro atoms. The second-order valence-corrected chi connectivity index (χ2v) is 4.17. The average molecular weight is 192 g/mol. The first-order valence-corrected chi connectivity index (χ1v) is 4.51. The lowest BCUT2D eigenvalue weighted by Crippen LogP contribution is -2.39. The Hall–Kier alpha value is -0.0500. The maximum atomic E-state index is 9.52. The van der Waals surface area contributed by atoms with Crippen LogP contribution in [0.1, 0.15) is 20.8 Å². The van der Waals surface area contributed by atoms with E-state index >= 15 is 0 Å². The Kier molecular flexibility index (Phi) is 4.83. The second-order valence-electron chi connectivity index (χ2n) is 3.63. The van der Waals surface area contributed by atoms with Crippen LogP contribution in [0.5, 0.6) is 0 Å². The predicted molar refractivity (Wildman–Crippen MR) is 53.4 cm³/mol. The highest BCUT2D eigenvalue weighted by Gasteiger charge is 2.16. The van der Waals surface area contributed by atoms with Gasteiger partial charge in [-0.1, -0.05) is 25.1 Å². The molecule has 72 valence electrons. The monoisotopic (exact) mass is 191 g/mol. The molecule has 0 fully saturated rings. The summed E-state index contributed by atoms with van der Waals surface area (Å²) in [5, 5.41) is 10.1. The number of likely N-dealkylation sites (N-methyl/N-ethyl adjacent to an activating group) is 1. The molecule has 0 radical (unpaired) electrons. The largest absolute Gasteiger partial charge is 0.389 e. The van der Waals surface area contributed by atoms with Crippen molar-refractivity contribution in [1.29, 1.82) is 0 Å². The zero-order chi connectivity index (χ0) is 9.78.